The van der Waals surface area contributed by atoms with Gasteiger partial charge < -0.3 is 10.0 Å². The van der Waals surface area contributed by atoms with Gasteiger partial charge in [-0.3, -0.25) is 4.79 Å². The summed E-state index contributed by atoms with van der Waals surface area (Å²) in [7, 11) is 0. The molecule has 3 nitrogen and oxygen atoms in total. The molecule has 1 fully saturated rings. The zero-order valence-electron chi connectivity index (χ0n) is 10.2. The van der Waals surface area contributed by atoms with E-state index in [2.05, 4.69) is 36.1 Å². The van der Waals surface area contributed by atoms with Gasteiger partial charge in [-0.1, -0.05) is 12.1 Å². The van der Waals surface area contributed by atoms with Crippen LogP contribution in [0.25, 0.3) is 0 Å². The molecular formula is C14H19NO2. The van der Waals surface area contributed by atoms with E-state index in [1.165, 1.54) is 11.3 Å². The Morgan fingerprint density at radius 2 is 2.18 bits per heavy atom. The first-order chi connectivity index (χ1) is 8.16. The highest BCUT2D eigenvalue weighted by Crippen LogP contribution is 2.23. The predicted octanol–water partition coefficient (Wildman–Crippen LogP) is 2.69. The standard InChI is InChI=1S/C14H19NO2/c1-11-4-2-6-13(10-11)15-8-3-5-12(7-9-15)14(16)17/h2,4,6,10,12H,3,5,7-9H2,1H3,(H,16,17). The van der Waals surface area contributed by atoms with E-state index < -0.39 is 5.97 Å². The lowest BCUT2D eigenvalue weighted by molar-refractivity contribution is -0.142. The number of anilines is 1. The van der Waals surface area contributed by atoms with E-state index in [0.717, 1.165) is 32.4 Å². The van der Waals surface area contributed by atoms with Gasteiger partial charge in [-0.15, -0.1) is 0 Å². The fourth-order valence-corrected chi connectivity index (χ4v) is 2.43. The van der Waals surface area contributed by atoms with Gasteiger partial charge in [0.1, 0.15) is 0 Å². The summed E-state index contributed by atoms with van der Waals surface area (Å²) in [5.74, 6) is -0.805. The van der Waals surface area contributed by atoms with Crippen molar-refractivity contribution in [3.05, 3.63) is 29.8 Å². The minimum absolute atomic E-state index is 0.162. The molecule has 1 N–H and O–H groups in total. The van der Waals surface area contributed by atoms with Gasteiger partial charge in [-0.05, 0) is 43.9 Å². The molecule has 0 bridgehead atoms. The molecule has 2 rings (SSSR count). The van der Waals surface area contributed by atoms with Crippen molar-refractivity contribution in [1.29, 1.82) is 0 Å². The highest BCUT2D eigenvalue weighted by Gasteiger charge is 2.22. The van der Waals surface area contributed by atoms with Gasteiger partial charge in [-0.2, -0.15) is 0 Å². The summed E-state index contributed by atoms with van der Waals surface area (Å²) in [6.45, 7) is 3.90. The topological polar surface area (TPSA) is 40.5 Å². The first kappa shape index (κ1) is 12.0. The van der Waals surface area contributed by atoms with Crippen molar-refractivity contribution in [3.8, 4) is 0 Å². The number of benzene rings is 1. The molecule has 0 radical (unpaired) electrons. The fourth-order valence-electron chi connectivity index (χ4n) is 2.43. The van der Waals surface area contributed by atoms with Gasteiger partial charge in [0.2, 0.25) is 0 Å². The van der Waals surface area contributed by atoms with Crippen LogP contribution in [0, 0.1) is 12.8 Å². The van der Waals surface area contributed by atoms with E-state index in [1.807, 2.05) is 0 Å². The molecule has 0 saturated carbocycles. The quantitative estimate of drug-likeness (QED) is 0.853. The number of hydrogen-bond donors (Lipinski definition) is 1. The highest BCUT2D eigenvalue weighted by atomic mass is 16.4. The molecule has 3 heteroatoms. The van der Waals surface area contributed by atoms with Crippen LogP contribution in [0.5, 0.6) is 0 Å². The molecular weight excluding hydrogens is 214 g/mol. The molecule has 1 atom stereocenters. The van der Waals surface area contributed by atoms with Crippen molar-refractivity contribution in [2.45, 2.75) is 26.2 Å². The number of carboxylic acid groups (broad SMARTS) is 1. The molecule has 1 aromatic carbocycles. The van der Waals surface area contributed by atoms with Crippen LogP contribution in [0.1, 0.15) is 24.8 Å². The molecule has 0 aromatic heterocycles. The molecule has 17 heavy (non-hydrogen) atoms. The van der Waals surface area contributed by atoms with Crippen LogP contribution in [0.3, 0.4) is 0 Å². The molecule has 1 aliphatic rings. The smallest absolute Gasteiger partial charge is 0.306 e. The minimum Gasteiger partial charge on any atom is -0.481 e. The van der Waals surface area contributed by atoms with E-state index in [-0.39, 0.29) is 5.92 Å². The van der Waals surface area contributed by atoms with Crippen molar-refractivity contribution >= 4 is 11.7 Å². The van der Waals surface area contributed by atoms with Crippen LogP contribution in [0.4, 0.5) is 5.69 Å². The Morgan fingerprint density at radius 1 is 1.35 bits per heavy atom. The first-order valence-electron chi connectivity index (χ1n) is 6.21. The Hall–Kier alpha value is -1.51. The second kappa shape index (κ2) is 5.21. The van der Waals surface area contributed by atoms with Crippen LogP contribution >= 0.6 is 0 Å². The summed E-state index contributed by atoms with van der Waals surface area (Å²) in [6, 6.07) is 8.42. The van der Waals surface area contributed by atoms with E-state index >= 15 is 0 Å². The minimum atomic E-state index is -0.643. The van der Waals surface area contributed by atoms with Crippen LogP contribution in [0.15, 0.2) is 24.3 Å². The lowest BCUT2D eigenvalue weighted by Gasteiger charge is -2.23. The van der Waals surface area contributed by atoms with Gasteiger partial charge in [-0.25, -0.2) is 0 Å². The van der Waals surface area contributed by atoms with Crippen LogP contribution in [-0.2, 0) is 4.79 Å². The monoisotopic (exact) mass is 233 g/mol. The number of carboxylic acids is 1. The maximum atomic E-state index is 11.0. The van der Waals surface area contributed by atoms with Crippen molar-refractivity contribution in [1.82, 2.24) is 0 Å². The van der Waals surface area contributed by atoms with Crippen molar-refractivity contribution in [2.24, 2.45) is 5.92 Å². The van der Waals surface area contributed by atoms with Crippen LogP contribution < -0.4 is 4.90 Å². The Kier molecular flexibility index (Phi) is 3.67. The Morgan fingerprint density at radius 3 is 2.88 bits per heavy atom. The maximum absolute atomic E-state index is 11.0. The number of hydrogen-bond acceptors (Lipinski definition) is 2. The van der Waals surface area contributed by atoms with Gasteiger partial charge in [0, 0.05) is 18.8 Å². The lowest BCUT2D eigenvalue weighted by atomic mass is 10.0. The predicted molar refractivity (Wildman–Crippen MR) is 68.4 cm³/mol. The Bertz CT molecular complexity index is 403. The molecule has 1 saturated heterocycles. The van der Waals surface area contributed by atoms with E-state index in [4.69, 9.17) is 5.11 Å². The zero-order valence-corrected chi connectivity index (χ0v) is 10.2. The number of nitrogens with zero attached hydrogens (tertiary/aromatic N) is 1. The third-order valence-corrected chi connectivity index (χ3v) is 3.44. The Labute approximate surface area is 102 Å². The average molecular weight is 233 g/mol. The zero-order chi connectivity index (χ0) is 12.3. The summed E-state index contributed by atoms with van der Waals surface area (Å²) in [6.07, 6.45) is 2.52. The second-order valence-corrected chi connectivity index (χ2v) is 4.79. The van der Waals surface area contributed by atoms with Crippen molar-refractivity contribution < 1.29 is 9.90 Å². The lowest BCUT2D eigenvalue weighted by Crippen LogP contribution is -2.24. The Balaban J connectivity index is 2.06. The van der Waals surface area contributed by atoms with Crippen molar-refractivity contribution in [3.63, 3.8) is 0 Å². The highest BCUT2D eigenvalue weighted by molar-refractivity contribution is 5.70. The second-order valence-electron chi connectivity index (χ2n) is 4.79. The third kappa shape index (κ3) is 2.99. The molecule has 1 unspecified atom stereocenters. The number of rotatable bonds is 2. The summed E-state index contributed by atoms with van der Waals surface area (Å²) in [5.41, 5.74) is 2.47. The largest absolute Gasteiger partial charge is 0.481 e. The van der Waals surface area contributed by atoms with Crippen LogP contribution in [-0.4, -0.2) is 24.2 Å². The first-order valence-corrected chi connectivity index (χ1v) is 6.21. The van der Waals surface area contributed by atoms with Gasteiger partial charge in [0.25, 0.3) is 0 Å². The van der Waals surface area contributed by atoms with Gasteiger partial charge >= 0.3 is 5.97 Å². The number of aliphatic carboxylic acids is 1. The fraction of sp³-hybridized carbons (Fsp3) is 0.500. The van der Waals surface area contributed by atoms with E-state index in [1.54, 1.807) is 0 Å². The summed E-state index contributed by atoms with van der Waals surface area (Å²) < 4.78 is 0. The molecule has 92 valence electrons. The maximum Gasteiger partial charge on any atom is 0.306 e. The molecule has 0 spiro atoms. The normalized spacial score (nSPS) is 21.0. The molecule has 1 aliphatic heterocycles. The number of aryl methyl sites for hydroxylation is 1. The van der Waals surface area contributed by atoms with E-state index in [9.17, 15) is 4.79 Å². The average Bonchev–Trinajstić information content (AvgIpc) is 2.54. The van der Waals surface area contributed by atoms with Gasteiger partial charge in [0.15, 0.2) is 0 Å². The molecule has 0 amide bonds. The molecule has 1 aromatic rings. The van der Waals surface area contributed by atoms with Gasteiger partial charge in [0.05, 0.1) is 5.92 Å². The summed E-state index contributed by atoms with van der Waals surface area (Å²) in [4.78, 5) is 13.3. The van der Waals surface area contributed by atoms with Crippen molar-refractivity contribution in [2.75, 3.05) is 18.0 Å². The molecule has 0 aliphatic carbocycles. The summed E-state index contributed by atoms with van der Waals surface area (Å²) in [5, 5.41) is 9.05. The summed E-state index contributed by atoms with van der Waals surface area (Å²) >= 11 is 0. The number of carbonyl (C=O) groups is 1. The SMILES string of the molecule is Cc1cccc(N2CCCC(C(=O)O)CC2)c1. The molecule has 1 heterocycles. The van der Waals surface area contributed by atoms with Crippen LogP contribution in [0.2, 0.25) is 0 Å². The third-order valence-electron chi connectivity index (χ3n) is 3.44. The van der Waals surface area contributed by atoms with E-state index in [0.29, 0.717) is 0 Å².